The number of morpholine rings is 1. The van der Waals surface area contributed by atoms with Crippen molar-refractivity contribution in [2.45, 2.75) is 18.6 Å². The minimum absolute atomic E-state index is 0.120. The summed E-state index contributed by atoms with van der Waals surface area (Å²) >= 11 is 0. The van der Waals surface area contributed by atoms with E-state index in [1.54, 1.807) is 4.31 Å². The molecule has 11 heavy (non-hydrogen) atoms. The lowest BCUT2D eigenvalue weighted by molar-refractivity contribution is 0.0611. The van der Waals surface area contributed by atoms with E-state index in [-0.39, 0.29) is 12.1 Å². The maximum absolute atomic E-state index is 11.1. The molecule has 0 N–H and O–H groups in total. The van der Waals surface area contributed by atoms with Crippen LogP contribution in [0.3, 0.4) is 0 Å². The average Bonchev–Trinajstić information content (AvgIpc) is 2.42. The van der Waals surface area contributed by atoms with Crippen molar-refractivity contribution in [3.8, 4) is 0 Å². The van der Waals surface area contributed by atoms with Crippen LogP contribution in [0.4, 0.5) is 0 Å². The standard InChI is InChI=1S/C6H11NO3S/c1-11(8,9)7-3-6-2-5(7)4-10-6/h5-6H,2-4H2,1H3/t5-,6+/m0/s1. The van der Waals surface area contributed by atoms with Crippen molar-refractivity contribution >= 4 is 10.0 Å². The van der Waals surface area contributed by atoms with E-state index in [1.807, 2.05) is 0 Å². The normalized spacial score (nSPS) is 38.3. The number of hydrogen-bond acceptors (Lipinski definition) is 3. The second-order valence-electron chi connectivity index (χ2n) is 3.18. The van der Waals surface area contributed by atoms with Crippen LogP contribution in [0, 0.1) is 0 Å². The van der Waals surface area contributed by atoms with Crippen molar-refractivity contribution in [1.82, 2.24) is 4.31 Å². The minimum Gasteiger partial charge on any atom is -0.375 e. The molecule has 5 heteroatoms. The molecule has 64 valence electrons. The van der Waals surface area contributed by atoms with Gasteiger partial charge in [0.15, 0.2) is 0 Å². The van der Waals surface area contributed by atoms with Crippen LogP contribution in [0.15, 0.2) is 0 Å². The minimum atomic E-state index is -2.98. The molecule has 0 spiro atoms. The van der Waals surface area contributed by atoms with Crippen LogP contribution in [-0.4, -0.2) is 44.3 Å². The van der Waals surface area contributed by atoms with Crippen molar-refractivity contribution < 1.29 is 13.2 Å². The molecule has 2 fully saturated rings. The molecule has 2 heterocycles. The summed E-state index contributed by atoms with van der Waals surface area (Å²) in [6, 6.07) is 0.120. The first-order valence-corrected chi connectivity index (χ1v) is 5.50. The van der Waals surface area contributed by atoms with E-state index in [1.165, 1.54) is 6.26 Å². The Bertz CT molecular complexity index is 261. The zero-order valence-electron chi connectivity index (χ0n) is 6.36. The molecule has 0 amide bonds. The van der Waals surface area contributed by atoms with E-state index in [0.29, 0.717) is 13.2 Å². The van der Waals surface area contributed by atoms with E-state index in [2.05, 4.69) is 0 Å². The van der Waals surface area contributed by atoms with Crippen LogP contribution in [0.2, 0.25) is 0 Å². The molecule has 4 nitrogen and oxygen atoms in total. The Kier molecular flexibility index (Phi) is 1.49. The van der Waals surface area contributed by atoms with Gasteiger partial charge in [0.05, 0.1) is 25.0 Å². The van der Waals surface area contributed by atoms with Gasteiger partial charge in [-0.2, -0.15) is 4.31 Å². The molecular weight excluding hydrogens is 166 g/mol. The summed E-state index contributed by atoms with van der Waals surface area (Å²) in [5.41, 5.74) is 0. The molecule has 0 aromatic rings. The quantitative estimate of drug-likeness (QED) is 0.538. The van der Waals surface area contributed by atoms with Gasteiger partial charge in [-0.3, -0.25) is 0 Å². The highest BCUT2D eigenvalue weighted by Gasteiger charge is 2.43. The summed E-state index contributed by atoms with van der Waals surface area (Å²) in [7, 11) is -2.98. The zero-order valence-corrected chi connectivity index (χ0v) is 7.17. The van der Waals surface area contributed by atoms with Crippen LogP contribution in [-0.2, 0) is 14.8 Å². The van der Waals surface area contributed by atoms with Gasteiger partial charge in [0, 0.05) is 6.54 Å². The third-order valence-electron chi connectivity index (χ3n) is 2.28. The average molecular weight is 177 g/mol. The van der Waals surface area contributed by atoms with Gasteiger partial charge in [-0.25, -0.2) is 8.42 Å². The van der Waals surface area contributed by atoms with E-state index in [4.69, 9.17) is 4.74 Å². The van der Waals surface area contributed by atoms with Crippen LogP contribution >= 0.6 is 0 Å². The molecule has 2 atom stereocenters. The molecular formula is C6H11NO3S. The van der Waals surface area contributed by atoms with Crippen LogP contribution in [0.1, 0.15) is 6.42 Å². The molecule has 2 rings (SSSR count). The third kappa shape index (κ3) is 1.17. The van der Waals surface area contributed by atoms with Gasteiger partial charge < -0.3 is 4.74 Å². The van der Waals surface area contributed by atoms with Gasteiger partial charge in [0.25, 0.3) is 0 Å². The van der Waals surface area contributed by atoms with Crippen molar-refractivity contribution in [3.05, 3.63) is 0 Å². The lowest BCUT2D eigenvalue weighted by Gasteiger charge is -2.23. The maximum Gasteiger partial charge on any atom is 0.211 e. The summed E-state index contributed by atoms with van der Waals surface area (Å²) in [4.78, 5) is 0. The molecule has 0 aromatic heterocycles. The van der Waals surface area contributed by atoms with Crippen molar-refractivity contribution in [1.29, 1.82) is 0 Å². The SMILES string of the molecule is CS(=O)(=O)N1C[C@H]2C[C@H]1CO2. The third-order valence-corrected chi connectivity index (χ3v) is 3.58. The van der Waals surface area contributed by atoms with Crippen molar-refractivity contribution in [2.24, 2.45) is 0 Å². The Morgan fingerprint density at radius 3 is 2.55 bits per heavy atom. The van der Waals surface area contributed by atoms with Gasteiger partial charge in [-0.05, 0) is 6.42 Å². The molecule has 2 aliphatic heterocycles. The predicted octanol–water partition coefficient (Wildman–Crippen LogP) is -0.581. The van der Waals surface area contributed by atoms with Crippen LogP contribution in [0.5, 0.6) is 0 Å². The molecule has 0 radical (unpaired) electrons. The maximum atomic E-state index is 11.1. The molecule has 0 unspecified atom stereocenters. The number of nitrogens with zero attached hydrogens (tertiary/aromatic N) is 1. The summed E-state index contributed by atoms with van der Waals surface area (Å²) in [6.45, 7) is 1.14. The predicted molar refractivity (Wildman–Crippen MR) is 39.7 cm³/mol. The molecule has 2 saturated heterocycles. The Labute approximate surface area is 66.2 Å². The lowest BCUT2D eigenvalue weighted by atomic mass is 10.3. The fraction of sp³-hybridized carbons (Fsp3) is 1.00. The van der Waals surface area contributed by atoms with Gasteiger partial charge in [0.2, 0.25) is 10.0 Å². The van der Waals surface area contributed by atoms with E-state index in [0.717, 1.165) is 6.42 Å². The first kappa shape index (κ1) is 7.52. The van der Waals surface area contributed by atoms with Gasteiger partial charge in [-0.1, -0.05) is 0 Å². The summed E-state index contributed by atoms with van der Waals surface area (Å²) in [5, 5.41) is 0. The van der Waals surface area contributed by atoms with E-state index in [9.17, 15) is 8.42 Å². The number of sulfonamides is 1. The monoisotopic (exact) mass is 177 g/mol. The number of fused-ring (bicyclic) bond motifs is 2. The highest BCUT2D eigenvalue weighted by Crippen LogP contribution is 2.29. The number of ether oxygens (including phenoxy) is 1. The van der Waals surface area contributed by atoms with Crippen molar-refractivity contribution in [2.75, 3.05) is 19.4 Å². The number of hydrogen-bond donors (Lipinski definition) is 0. The Balaban J connectivity index is 2.21. The Morgan fingerprint density at radius 1 is 1.55 bits per heavy atom. The smallest absolute Gasteiger partial charge is 0.211 e. The van der Waals surface area contributed by atoms with Gasteiger partial charge in [0.1, 0.15) is 0 Å². The first-order valence-electron chi connectivity index (χ1n) is 3.66. The highest BCUT2D eigenvalue weighted by molar-refractivity contribution is 7.88. The first-order chi connectivity index (χ1) is 5.07. The fourth-order valence-electron chi connectivity index (χ4n) is 1.77. The van der Waals surface area contributed by atoms with E-state index < -0.39 is 10.0 Å². The second kappa shape index (κ2) is 2.18. The lowest BCUT2D eigenvalue weighted by Crippen LogP contribution is -2.40. The van der Waals surface area contributed by atoms with Gasteiger partial charge >= 0.3 is 0 Å². The Morgan fingerprint density at radius 2 is 2.27 bits per heavy atom. The zero-order chi connectivity index (χ0) is 8.06. The summed E-state index contributed by atoms with van der Waals surface area (Å²) in [5.74, 6) is 0. The highest BCUT2D eigenvalue weighted by atomic mass is 32.2. The summed E-state index contributed by atoms with van der Waals surface area (Å²) < 4.78 is 29.0. The molecule has 2 aliphatic rings. The second-order valence-corrected chi connectivity index (χ2v) is 5.11. The van der Waals surface area contributed by atoms with Crippen LogP contribution in [0.25, 0.3) is 0 Å². The molecule has 0 saturated carbocycles. The fourth-order valence-corrected chi connectivity index (χ4v) is 2.90. The largest absolute Gasteiger partial charge is 0.375 e. The molecule has 0 aromatic carbocycles. The van der Waals surface area contributed by atoms with Gasteiger partial charge in [-0.15, -0.1) is 0 Å². The molecule has 2 bridgehead atoms. The van der Waals surface area contributed by atoms with E-state index >= 15 is 0 Å². The van der Waals surface area contributed by atoms with Crippen molar-refractivity contribution in [3.63, 3.8) is 0 Å². The summed E-state index contributed by atoms with van der Waals surface area (Å²) in [6.07, 6.45) is 2.30. The number of rotatable bonds is 1. The Hall–Kier alpha value is -0.130. The van der Waals surface area contributed by atoms with Crippen LogP contribution < -0.4 is 0 Å². The molecule has 0 aliphatic carbocycles. The topological polar surface area (TPSA) is 46.6 Å².